The van der Waals surface area contributed by atoms with Gasteiger partial charge in [0, 0.05) is 0 Å². The summed E-state index contributed by atoms with van der Waals surface area (Å²) in [5.74, 6) is -0.507. The third-order valence-electron chi connectivity index (χ3n) is 4.61. The SMILES string of the molecule is Cc1ccc(N2C(=O)C(=Cc3ccc(CO)cc3)SC2=Nc2ccc(F)cc2)cc1. The zero-order chi connectivity index (χ0) is 21.1. The standard InChI is InChI=1S/C24H19FN2O2S/c1-16-2-12-21(13-3-16)27-23(29)22(14-17-4-6-18(15-28)7-5-17)30-24(27)26-20-10-8-19(25)9-11-20/h2-14,28H,15H2,1H3. The van der Waals surface area contributed by atoms with Crippen LogP contribution in [0.5, 0.6) is 0 Å². The Hall–Kier alpha value is -3.22. The average molecular weight is 418 g/mol. The summed E-state index contributed by atoms with van der Waals surface area (Å²) in [4.78, 5) is 19.9. The van der Waals surface area contributed by atoms with Gasteiger partial charge in [0.15, 0.2) is 5.17 Å². The van der Waals surface area contributed by atoms with Gasteiger partial charge in [0.25, 0.3) is 5.91 Å². The van der Waals surface area contributed by atoms with Gasteiger partial charge in [-0.05, 0) is 72.3 Å². The molecule has 0 radical (unpaired) electrons. The number of carbonyl (C=O) groups excluding carboxylic acids is 1. The first-order valence-corrected chi connectivity index (χ1v) is 10.2. The van der Waals surface area contributed by atoms with Crippen LogP contribution < -0.4 is 4.90 Å². The molecule has 1 amide bonds. The minimum absolute atomic E-state index is 0.0276. The summed E-state index contributed by atoms with van der Waals surface area (Å²) >= 11 is 1.27. The van der Waals surface area contributed by atoms with Crippen molar-refractivity contribution < 1.29 is 14.3 Å². The molecule has 4 nitrogen and oxygen atoms in total. The number of nitrogens with zero attached hydrogens (tertiary/aromatic N) is 2. The van der Waals surface area contributed by atoms with Gasteiger partial charge in [0.1, 0.15) is 5.82 Å². The summed E-state index contributed by atoms with van der Waals surface area (Å²) in [5, 5.41) is 9.72. The molecule has 0 atom stereocenters. The molecule has 6 heteroatoms. The zero-order valence-corrected chi connectivity index (χ0v) is 17.1. The van der Waals surface area contributed by atoms with Crippen LogP contribution in [0.2, 0.25) is 0 Å². The molecule has 0 bridgehead atoms. The molecule has 0 saturated carbocycles. The van der Waals surface area contributed by atoms with E-state index in [1.54, 1.807) is 17.0 Å². The van der Waals surface area contributed by atoms with E-state index in [2.05, 4.69) is 4.99 Å². The van der Waals surface area contributed by atoms with Crippen LogP contribution in [-0.2, 0) is 11.4 Å². The minimum atomic E-state index is -0.337. The van der Waals surface area contributed by atoms with Crippen LogP contribution in [0.15, 0.2) is 82.7 Å². The molecule has 0 aliphatic carbocycles. The van der Waals surface area contributed by atoms with Gasteiger partial charge >= 0.3 is 0 Å². The van der Waals surface area contributed by atoms with Crippen LogP contribution >= 0.6 is 11.8 Å². The van der Waals surface area contributed by atoms with E-state index in [1.165, 1.54) is 23.9 Å². The summed E-state index contributed by atoms with van der Waals surface area (Å²) in [6.07, 6.45) is 1.81. The molecule has 1 aliphatic rings. The van der Waals surface area contributed by atoms with E-state index in [0.29, 0.717) is 15.8 Å². The van der Waals surface area contributed by atoms with Crippen LogP contribution in [0.1, 0.15) is 16.7 Å². The highest BCUT2D eigenvalue weighted by Gasteiger charge is 2.34. The lowest BCUT2D eigenvalue weighted by molar-refractivity contribution is -0.113. The average Bonchev–Trinajstić information content (AvgIpc) is 3.05. The first-order valence-electron chi connectivity index (χ1n) is 9.38. The van der Waals surface area contributed by atoms with E-state index in [4.69, 9.17) is 0 Å². The first kappa shape index (κ1) is 20.1. The number of aliphatic hydroxyl groups is 1. The predicted molar refractivity (Wildman–Crippen MR) is 120 cm³/mol. The Balaban J connectivity index is 1.74. The minimum Gasteiger partial charge on any atom is -0.392 e. The summed E-state index contributed by atoms with van der Waals surface area (Å²) in [6, 6.07) is 20.9. The van der Waals surface area contributed by atoms with Crippen LogP contribution in [0.3, 0.4) is 0 Å². The Morgan fingerprint density at radius 3 is 2.30 bits per heavy atom. The maximum atomic E-state index is 13.3. The van der Waals surface area contributed by atoms with Crippen LogP contribution in [-0.4, -0.2) is 16.2 Å². The Kier molecular flexibility index (Phi) is 5.79. The van der Waals surface area contributed by atoms with Crippen molar-refractivity contribution in [3.05, 3.63) is 100 Å². The molecular formula is C24H19FN2O2S. The number of aryl methyl sites for hydroxylation is 1. The normalized spacial score (nSPS) is 16.6. The van der Waals surface area contributed by atoms with Gasteiger partial charge in [-0.1, -0.05) is 42.0 Å². The Labute approximate surface area is 178 Å². The molecule has 4 rings (SSSR count). The summed E-state index contributed by atoms with van der Waals surface area (Å²) in [7, 11) is 0. The Morgan fingerprint density at radius 2 is 1.67 bits per heavy atom. The topological polar surface area (TPSA) is 52.9 Å². The van der Waals surface area contributed by atoms with Crippen molar-refractivity contribution in [1.29, 1.82) is 0 Å². The molecule has 1 N–H and O–H groups in total. The molecule has 3 aromatic carbocycles. The lowest BCUT2D eigenvalue weighted by Crippen LogP contribution is -2.28. The number of thioether (sulfide) groups is 1. The lowest BCUT2D eigenvalue weighted by Gasteiger charge is -2.16. The number of halogens is 1. The number of amides is 1. The van der Waals surface area contributed by atoms with Crippen LogP contribution in [0.4, 0.5) is 15.8 Å². The second-order valence-electron chi connectivity index (χ2n) is 6.86. The second kappa shape index (κ2) is 8.65. The largest absolute Gasteiger partial charge is 0.392 e. The lowest BCUT2D eigenvalue weighted by atomic mass is 10.1. The number of hydrogen-bond acceptors (Lipinski definition) is 4. The number of aliphatic hydroxyl groups excluding tert-OH is 1. The van der Waals surface area contributed by atoms with Crippen molar-refractivity contribution >= 4 is 40.3 Å². The summed E-state index contributed by atoms with van der Waals surface area (Å²) in [6.45, 7) is 1.96. The predicted octanol–water partition coefficient (Wildman–Crippen LogP) is 5.44. The molecule has 0 aromatic heterocycles. The van der Waals surface area contributed by atoms with Crippen molar-refractivity contribution in [2.24, 2.45) is 4.99 Å². The molecule has 30 heavy (non-hydrogen) atoms. The fraction of sp³-hybridized carbons (Fsp3) is 0.0833. The molecular weight excluding hydrogens is 399 g/mol. The van der Waals surface area contributed by atoms with E-state index in [9.17, 15) is 14.3 Å². The summed E-state index contributed by atoms with van der Waals surface area (Å²) < 4.78 is 13.3. The van der Waals surface area contributed by atoms with Gasteiger partial charge in [0.2, 0.25) is 0 Å². The second-order valence-corrected chi connectivity index (χ2v) is 7.87. The number of aliphatic imine (C=N–C) groups is 1. The molecule has 1 heterocycles. The highest BCUT2D eigenvalue weighted by molar-refractivity contribution is 8.19. The van der Waals surface area contributed by atoms with Crippen molar-refractivity contribution in [1.82, 2.24) is 0 Å². The third-order valence-corrected chi connectivity index (χ3v) is 5.58. The van der Waals surface area contributed by atoms with Gasteiger partial charge in [-0.25, -0.2) is 9.38 Å². The molecule has 1 aliphatic heterocycles. The van der Waals surface area contributed by atoms with Crippen molar-refractivity contribution in [3.8, 4) is 0 Å². The molecule has 3 aromatic rings. The molecule has 1 fully saturated rings. The van der Waals surface area contributed by atoms with Gasteiger partial charge in [-0.2, -0.15) is 0 Å². The van der Waals surface area contributed by atoms with Gasteiger partial charge < -0.3 is 5.11 Å². The van der Waals surface area contributed by atoms with E-state index in [-0.39, 0.29) is 18.3 Å². The Morgan fingerprint density at radius 1 is 1.00 bits per heavy atom. The van der Waals surface area contributed by atoms with Crippen molar-refractivity contribution in [2.75, 3.05) is 4.90 Å². The highest BCUT2D eigenvalue weighted by Crippen LogP contribution is 2.37. The summed E-state index contributed by atoms with van der Waals surface area (Å²) in [5.41, 5.74) is 4.04. The molecule has 1 saturated heterocycles. The highest BCUT2D eigenvalue weighted by atomic mass is 32.2. The van der Waals surface area contributed by atoms with Gasteiger partial charge in [-0.15, -0.1) is 0 Å². The number of benzene rings is 3. The van der Waals surface area contributed by atoms with Gasteiger partial charge in [-0.3, -0.25) is 9.69 Å². The van der Waals surface area contributed by atoms with Crippen LogP contribution in [0.25, 0.3) is 6.08 Å². The third kappa shape index (κ3) is 4.35. The number of carbonyl (C=O) groups is 1. The van der Waals surface area contributed by atoms with Crippen LogP contribution in [0, 0.1) is 12.7 Å². The van der Waals surface area contributed by atoms with E-state index >= 15 is 0 Å². The van der Waals surface area contributed by atoms with Crippen molar-refractivity contribution in [3.63, 3.8) is 0 Å². The number of hydrogen-bond donors (Lipinski definition) is 1. The van der Waals surface area contributed by atoms with Crippen molar-refractivity contribution in [2.45, 2.75) is 13.5 Å². The zero-order valence-electron chi connectivity index (χ0n) is 16.2. The van der Waals surface area contributed by atoms with E-state index < -0.39 is 0 Å². The van der Waals surface area contributed by atoms with E-state index in [1.807, 2.05) is 61.5 Å². The smallest absolute Gasteiger partial charge is 0.271 e. The number of amidine groups is 1. The molecule has 0 unspecified atom stereocenters. The molecule has 0 spiro atoms. The number of anilines is 1. The molecule has 150 valence electrons. The maximum absolute atomic E-state index is 13.3. The number of rotatable bonds is 4. The van der Waals surface area contributed by atoms with E-state index in [0.717, 1.165) is 22.4 Å². The Bertz CT molecular complexity index is 1120. The van der Waals surface area contributed by atoms with Gasteiger partial charge in [0.05, 0.1) is 22.9 Å². The monoisotopic (exact) mass is 418 g/mol. The fourth-order valence-corrected chi connectivity index (χ4v) is 3.97. The fourth-order valence-electron chi connectivity index (χ4n) is 2.97. The first-order chi connectivity index (χ1) is 14.5. The quantitative estimate of drug-likeness (QED) is 0.575. The maximum Gasteiger partial charge on any atom is 0.271 e.